The maximum absolute atomic E-state index is 12.8. The summed E-state index contributed by atoms with van der Waals surface area (Å²) in [6.45, 7) is 8.90. The van der Waals surface area contributed by atoms with Crippen LogP contribution in [0.2, 0.25) is 0 Å². The molecule has 0 atom stereocenters. The highest BCUT2D eigenvalue weighted by Crippen LogP contribution is 2.24. The number of benzene rings is 2. The molecule has 0 spiro atoms. The first-order chi connectivity index (χ1) is 14.9. The first-order valence-corrected chi connectivity index (χ1v) is 11.5. The molecule has 2 aromatic carbocycles. The first kappa shape index (κ1) is 24.9. The Hall–Kier alpha value is -2.38. The molecule has 1 amide bonds. The van der Waals surface area contributed by atoms with E-state index in [0.29, 0.717) is 36.0 Å². The predicted octanol–water partition coefficient (Wildman–Crippen LogP) is 6.49. The Labute approximate surface area is 198 Å². The van der Waals surface area contributed by atoms with Crippen molar-refractivity contribution >= 4 is 44.9 Å². The van der Waals surface area contributed by atoms with E-state index in [1.807, 2.05) is 37.3 Å². The lowest BCUT2D eigenvalue weighted by atomic mass is 10.2. The lowest BCUT2D eigenvalue weighted by molar-refractivity contribution is 0.0973. The first-order valence-electron chi connectivity index (χ1n) is 10.3. The topological polar surface area (TPSA) is 59.6 Å². The van der Waals surface area contributed by atoms with E-state index in [1.165, 1.54) is 12.8 Å². The number of anilines is 1. The molecule has 0 aliphatic heterocycles. The fourth-order valence-electron chi connectivity index (χ4n) is 2.72. The van der Waals surface area contributed by atoms with E-state index in [-0.39, 0.29) is 11.0 Å². The van der Waals surface area contributed by atoms with Crippen molar-refractivity contribution in [2.75, 3.05) is 18.5 Å². The summed E-state index contributed by atoms with van der Waals surface area (Å²) in [6.07, 6.45) is 4.40. The summed E-state index contributed by atoms with van der Waals surface area (Å²) in [6, 6.07) is 12.7. The van der Waals surface area contributed by atoms with Gasteiger partial charge >= 0.3 is 0 Å². The highest BCUT2D eigenvalue weighted by atomic mass is 79.9. The Bertz CT molecular complexity index is 917. The van der Waals surface area contributed by atoms with E-state index >= 15 is 0 Å². The van der Waals surface area contributed by atoms with E-state index in [4.69, 9.17) is 21.7 Å². The molecule has 7 heteroatoms. The van der Waals surface area contributed by atoms with Crippen LogP contribution >= 0.6 is 28.1 Å². The molecule has 0 unspecified atom stereocenters. The third-order valence-corrected chi connectivity index (χ3v) is 4.94. The van der Waals surface area contributed by atoms with Crippen molar-refractivity contribution in [2.24, 2.45) is 0 Å². The number of nitrogens with one attached hydrogen (secondary N) is 2. The van der Waals surface area contributed by atoms with Crippen LogP contribution in [0.5, 0.6) is 11.5 Å². The van der Waals surface area contributed by atoms with E-state index in [0.717, 1.165) is 22.9 Å². The van der Waals surface area contributed by atoms with Gasteiger partial charge in [-0.05, 0) is 61.5 Å². The predicted molar refractivity (Wildman–Crippen MR) is 134 cm³/mol. The molecule has 0 aliphatic rings. The molecule has 0 aliphatic carbocycles. The smallest absolute Gasteiger partial charge is 0.261 e. The van der Waals surface area contributed by atoms with Crippen molar-refractivity contribution in [1.82, 2.24) is 5.32 Å². The van der Waals surface area contributed by atoms with Crippen LogP contribution < -0.4 is 20.1 Å². The summed E-state index contributed by atoms with van der Waals surface area (Å²) in [4.78, 5) is 12.8. The van der Waals surface area contributed by atoms with Crippen LogP contribution in [0.25, 0.3) is 0 Å². The molecule has 166 valence electrons. The number of thiocarbonyl (C=S) groups is 1. The highest BCUT2D eigenvalue weighted by Gasteiger charge is 2.15. The van der Waals surface area contributed by atoms with Crippen molar-refractivity contribution < 1.29 is 14.3 Å². The molecule has 0 heterocycles. The fourth-order valence-corrected chi connectivity index (χ4v) is 3.29. The van der Waals surface area contributed by atoms with Crippen LogP contribution in [0.1, 0.15) is 49.9 Å². The average Bonchev–Trinajstić information content (AvgIpc) is 2.73. The van der Waals surface area contributed by atoms with Crippen LogP contribution in [0.4, 0.5) is 5.69 Å². The second kappa shape index (κ2) is 13.1. The molecule has 0 bridgehead atoms. The van der Waals surface area contributed by atoms with Gasteiger partial charge in [-0.2, -0.15) is 0 Å². The highest BCUT2D eigenvalue weighted by molar-refractivity contribution is 9.10. The monoisotopic (exact) mass is 504 g/mol. The van der Waals surface area contributed by atoms with Gasteiger partial charge in [-0.15, -0.1) is 0 Å². The number of hydrogen-bond acceptors (Lipinski definition) is 4. The van der Waals surface area contributed by atoms with Gasteiger partial charge in [-0.25, -0.2) is 0 Å². The number of carbonyl (C=O) groups excluding carboxylic acids is 1. The van der Waals surface area contributed by atoms with E-state index < -0.39 is 0 Å². The molecular formula is C24H29BrN2O3S. The molecule has 2 rings (SSSR count). The fraction of sp³-hybridized carbons (Fsp3) is 0.333. The van der Waals surface area contributed by atoms with Crippen LogP contribution in [0, 0.1) is 0 Å². The minimum Gasteiger partial charge on any atom is -0.493 e. The second-order valence-corrected chi connectivity index (χ2v) is 8.56. The number of ether oxygens (including phenoxy) is 2. The molecule has 31 heavy (non-hydrogen) atoms. The summed E-state index contributed by atoms with van der Waals surface area (Å²) >= 11 is 8.74. The number of hydrogen-bond donors (Lipinski definition) is 2. The second-order valence-electron chi connectivity index (χ2n) is 7.23. The lowest BCUT2D eigenvalue weighted by Crippen LogP contribution is -2.34. The third-order valence-electron chi connectivity index (χ3n) is 4.25. The Morgan fingerprint density at radius 3 is 2.68 bits per heavy atom. The van der Waals surface area contributed by atoms with Crippen molar-refractivity contribution in [2.45, 2.75) is 39.5 Å². The third kappa shape index (κ3) is 9.11. The number of unbranched alkanes of at least 4 members (excludes halogenated alkanes) is 3. The standard InChI is InChI=1S/C24H29BrN2O3S/c1-4-5-6-7-13-29-22-12-11-18(25)14-21(22)23(28)27-24(31)26-19-9-8-10-20(15-19)30-16-17(2)3/h8-12,14-15H,2,4-7,13,16H2,1,3H3,(H2,26,27,28,31). The van der Waals surface area contributed by atoms with Crippen molar-refractivity contribution in [3.63, 3.8) is 0 Å². The van der Waals surface area contributed by atoms with Crippen LogP contribution in [0.15, 0.2) is 59.1 Å². The zero-order valence-corrected chi connectivity index (χ0v) is 20.4. The molecule has 2 aromatic rings. The van der Waals surface area contributed by atoms with Crippen LogP contribution in [-0.2, 0) is 0 Å². The van der Waals surface area contributed by atoms with Gasteiger partial charge in [0.1, 0.15) is 18.1 Å². The maximum Gasteiger partial charge on any atom is 0.261 e. The molecule has 0 saturated carbocycles. The summed E-state index contributed by atoms with van der Waals surface area (Å²) < 4.78 is 12.3. The van der Waals surface area contributed by atoms with Crippen molar-refractivity contribution in [3.8, 4) is 11.5 Å². The normalized spacial score (nSPS) is 10.3. The SMILES string of the molecule is C=C(C)COc1cccc(NC(=S)NC(=O)c2cc(Br)ccc2OCCCCCC)c1. The largest absolute Gasteiger partial charge is 0.493 e. The number of amides is 1. The van der Waals surface area contributed by atoms with Gasteiger partial charge in [0, 0.05) is 16.2 Å². The molecule has 2 N–H and O–H groups in total. The summed E-state index contributed by atoms with van der Waals surface area (Å²) in [7, 11) is 0. The van der Waals surface area contributed by atoms with Gasteiger partial charge in [-0.3, -0.25) is 10.1 Å². The minimum atomic E-state index is -0.336. The van der Waals surface area contributed by atoms with E-state index in [2.05, 4.69) is 40.1 Å². The Kier molecular flexibility index (Phi) is 10.5. The minimum absolute atomic E-state index is 0.191. The van der Waals surface area contributed by atoms with E-state index in [1.54, 1.807) is 12.1 Å². The number of carbonyl (C=O) groups is 1. The Morgan fingerprint density at radius 1 is 1.13 bits per heavy atom. The lowest BCUT2D eigenvalue weighted by Gasteiger charge is -2.14. The molecule has 0 saturated heterocycles. The number of halogens is 1. The van der Waals surface area contributed by atoms with Gasteiger partial charge in [0.15, 0.2) is 5.11 Å². The van der Waals surface area contributed by atoms with Gasteiger partial charge in [0.25, 0.3) is 5.91 Å². The zero-order valence-electron chi connectivity index (χ0n) is 18.0. The molecule has 0 radical (unpaired) electrons. The molecular weight excluding hydrogens is 476 g/mol. The van der Waals surface area contributed by atoms with Crippen molar-refractivity contribution in [1.29, 1.82) is 0 Å². The van der Waals surface area contributed by atoms with Gasteiger partial charge < -0.3 is 14.8 Å². The molecule has 0 aromatic heterocycles. The number of rotatable bonds is 11. The van der Waals surface area contributed by atoms with Crippen LogP contribution in [-0.4, -0.2) is 24.2 Å². The average molecular weight is 505 g/mol. The maximum atomic E-state index is 12.8. The van der Waals surface area contributed by atoms with Gasteiger partial charge in [0.2, 0.25) is 0 Å². The van der Waals surface area contributed by atoms with Gasteiger partial charge in [-0.1, -0.05) is 54.8 Å². The van der Waals surface area contributed by atoms with E-state index in [9.17, 15) is 4.79 Å². The molecule has 5 nitrogen and oxygen atoms in total. The zero-order chi connectivity index (χ0) is 22.6. The quantitative estimate of drug-likeness (QED) is 0.208. The Balaban J connectivity index is 1.98. The van der Waals surface area contributed by atoms with Gasteiger partial charge in [0.05, 0.1) is 12.2 Å². The summed E-state index contributed by atoms with van der Waals surface area (Å²) in [5.74, 6) is 0.889. The van der Waals surface area contributed by atoms with Crippen LogP contribution in [0.3, 0.4) is 0 Å². The Morgan fingerprint density at radius 2 is 1.94 bits per heavy atom. The summed E-state index contributed by atoms with van der Waals surface area (Å²) in [5.41, 5.74) is 2.07. The molecule has 0 fully saturated rings. The van der Waals surface area contributed by atoms with Crippen molar-refractivity contribution in [3.05, 3.63) is 64.7 Å². The summed E-state index contributed by atoms with van der Waals surface area (Å²) in [5, 5.41) is 5.92.